The number of hydrogen-bond donors (Lipinski definition) is 0. The van der Waals surface area contributed by atoms with Crippen LogP contribution in [0, 0.1) is 23.5 Å². The van der Waals surface area contributed by atoms with E-state index in [9.17, 15) is 13.6 Å². The topological polar surface area (TPSA) is 95.9 Å². The molecule has 8 nitrogen and oxygen atoms in total. The fourth-order valence-electron chi connectivity index (χ4n) is 3.79. The van der Waals surface area contributed by atoms with Crippen LogP contribution in [0.2, 0.25) is 0 Å². The van der Waals surface area contributed by atoms with Gasteiger partial charge in [0.25, 0.3) is 0 Å². The van der Waals surface area contributed by atoms with Gasteiger partial charge in [0.1, 0.15) is 29.1 Å². The molecular formula is C30H23F2N5O3. The number of esters is 1. The van der Waals surface area contributed by atoms with Crippen molar-refractivity contribution >= 4 is 5.97 Å². The zero-order valence-electron chi connectivity index (χ0n) is 21.9. The summed E-state index contributed by atoms with van der Waals surface area (Å²) >= 11 is 0. The molecule has 0 aliphatic carbocycles. The van der Waals surface area contributed by atoms with Crippen molar-refractivity contribution in [2.24, 2.45) is 0 Å². The summed E-state index contributed by atoms with van der Waals surface area (Å²) in [6.07, 6.45) is 2.41. The van der Waals surface area contributed by atoms with Gasteiger partial charge in [0.05, 0.1) is 24.0 Å². The highest BCUT2D eigenvalue weighted by molar-refractivity contribution is 5.92. The summed E-state index contributed by atoms with van der Waals surface area (Å²) in [6, 6.07) is 16.3. The predicted molar refractivity (Wildman–Crippen MR) is 142 cm³/mol. The smallest absolute Gasteiger partial charge is 0.339 e. The Bertz CT molecular complexity index is 1750. The lowest BCUT2D eigenvalue weighted by atomic mass is 10.1. The highest BCUT2D eigenvalue weighted by Gasteiger charge is 2.20. The Morgan fingerprint density at radius 3 is 2.52 bits per heavy atom. The molecule has 0 unspecified atom stereocenters. The van der Waals surface area contributed by atoms with E-state index in [1.54, 1.807) is 80.1 Å². The van der Waals surface area contributed by atoms with Crippen LogP contribution in [0.4, 0.5) is 8.78 Å². The van der Waals surface area contributed by atoms with Crippen molar-refractivity contribution in [1.82, 2.24) is 24.9 Å². The van der Waals surface area contributed by atoms with E-state index in [0.717, 1.165) is 6.20 Å². The molecule has 40 heavy (non-hydrogen) atoms. The number of rotatable bonds is 5. The van der Waals surface area contributed by atoms with Gasteiger partial charge in [0, 0.05) is 17.2 Å². The molecule has 200 valence electrons. The SMILES string of the molecule is CC(C)(C)OC(=O)c1ccccc1C#Cc1nc(-c2cc(-c3ccon3)n(Cc3ccccc3F)n2)ncc1F. The summed E-state index contributed by atoms with van der Waals surface area (Å²) in [5.74, 6) is 3.96. The molecule has 0 aliphatic rings. The second kappa shape index (κ2) is 10.9. The Morgan fingerprint density at radius 1 is 1.00 bits per heavy atom. The Morgan fingerprint density at radius 2 is 1.77 bits per heavy atom. The maximum absolute atomic E-state index is 14.7. The first-order valence-electron chi connectivity index (χ1n) is 12.3. The molecule has 0 amide bonds. The third-order valence-electron chi connectivity index (χ3n) is 5.59. The second-order valence-corrected chi connectivity index (χ2v) is 9.74. The highest BCUT2D eigenvalue weighted by Crippen LogP contribution is 2.25. The largest absolute Gasteiger partial charge is 0.456 e. The normalized spacial score (nSPS) is 11.1. The average molecular weight is 540 g/mol. The van der Waals surface area contributed by atoms with Crippen LogP contribution in [0.1, 0.15) is 48.0 Å². The Kier molecular flexibility index (Phi) is 7.21. The minimum absolute atomic E-state index is 0.100. The van der Waals surface area contributed by atoms with Gasteiger partial charge < -0.3 is 9.26 Å². The Labute approximate surface area is 228 Å². The molecule has 0 bridgehead atoms. The van der Waals surface area contributed by atoms with E-state index in [1.165, 1.54) is 12.3 Å². The van der Waals surface area contributed by atoms with Gasteiger partial charge in [-0.2, -0.15) is 5.10 Å². The van der Waals surface area contributed by atoms with Gasteiger partial charge in [-0.15, -0.1) is 0 Å². The van der Waals surface area contributed by atoms with Gasteiger partial charge in [-0.05, 0) is 51.0 Å². The van der Waals surface area contributed by atoms with Crippen molar-refractivity contribution in [3.8, 4) is 34.7 Å². The standard InChI is InChI=1S/C30H23F2N5O3/c1-30(2,3)40-29(38)21-10-6-4-8-19(21)12-13-24-23(32)17-33-28(34-24)26-16-27(25-14-15-39-36-25)37(35-26)18-20-9-5-7-11-22(20)31/h4-11,14-17H,18H2,1-3H3. The van der Waals surface area contributed by atoms with Crippen LogP contribution >= 0.6 is 0 Å². The van der Waals surface area contributed by atoms with Gasteiger partial charge in [-0.1, -0.05) is 41.4 Å². The highest BCUT2D eigenvalue weighted by atomic mass is 19.1. The molecule has 2 aromatic carbocycles. The molecule has 0 spiro atoms. The summed E-state index contributed by atoms with van der Waals surface area (Å²) in [5, 5.41) is 8.51. The molecule has 3 heterocycles. The van der Waals surface area contributed by atoms with Crippen molar-refractivity contribution < 1.29 is 22.8 Å². The summed E-state index contributed by atoms with van der Waals surface area (Å²) in [6.45, 7) is 5.40. The number of benzene rings is 2. The molecule has 5 rings (SSSR count). The molecule has 0 atom stereocenters. The monoisotopic (exact) mass is 539 g/mol. The van der Waals surface area contributed by atoms with Crippen LogP contribution in [0.25, 0.3) is 22.9 Å². The first-order chi connectivity index (χ1) is 19.2. The van der Waals surface area contributed by atoms with Crippen LogP contribution < -0.4 is 0 Å². The zero-order chi connectivity index (χ0) is 28.3. The lowest BCUT2D eigenvalue weighted by Gasteiger charge is -2.19. The van der Waals surface area contributed by atoms with Crippen LogP contribution in [0.15, 0.2) is 77.6 Å². The van der Waals surface area contributed by atoms with Crippen molar-refractivity contribution in [3.63, 3.8) is 0 Å². The third kappa shape index (κ3) is 5.94. The van der Waals surface area contributed by atoms with Gasteiger partial charge in [0.2, 0.25) is 0 Å². The lowest BCUT2D eigenvalue weighted by molar-refractivity contribution is 0.00692. The maximum Gasteiger partial charge on any atom is 0.339 e. The van der Waals surface area contributed by atoms with Crippen LogP contribution in [0.5, 0.6) is 0 Å². The van der Waals surface area contributed by atoms with E-state index >= 15 is 0 Å². The fraction of sp³-hybridized carbons (Fsp3) is 0.167. The molecule has 10 heteroatoms. The molecule has 3 aromatic heterocycles. The first kappa shape index (κ1) is 26.4. The summed E-state index contributed by atoms with van der Waals surface area (Å²) in [4.78, 5) is 21.0. The van der Waals surface area contributed by atoms with E-state index < -0.39 is 17.4 Å². The lowest BCUT2D eigenvalue weighted by Crippen LogP contribution is -2.24. The van der Waals surface area contributed by atoms with Gasteiger partial charge in [-0.25, -0.2) is 23.5 Å². The second-order valence-electron chi connectivity index (χ2n) is 9.74. The van der Waals surface area contributed by atoms with E-state index in [4.69, 9.17) is 9.26 Å². The molecule has 5 aromatic rings. The maximum atomic E-state index is 14.7. The number of carbonyl (C=O) groups excluding carboxylic acids is 1. The van der Waals surface area contributed by atoms with Crippen molar-refractivity contribution in [2.75, 3.05) is 0 Å². The number of carbonyl (C=O) groups is 1. The Balaban J connectivity index is 1.51. The fourth-order valence-corrected chi connectivity index (χ4v) is 3.79. The molecule has 0 radical (unpaired) electrons. The minimum Gasteiger partial charge on any atom is -0.456 e. The molecule has 0 aliphatic heterocycles. The third-order valence-corrected chi connectivity index (χ3v) is 5.59. The number of halogens is 2. The molecular weight excluding hydrogens is 516 g/mol. The average Bonchev–Trinajstić information content (AvgIpc) is 3.59. The molecule has 0 N–H and O–H groups in total. The van der Waals surface area contributed by atoms with Gasteiger partial charge in [-0.3, -0.25) is 4.68 Å². The summed E-state index contributed by atoms with van der Waals surface area (Å²) in [5.41, 5.74) is 1.45. The van der Waals surface area contributed by atoms with Gasteiger partial charge in [0.15, 0.2) is 17.3 Å². The first-order valence-corrected chi connectivity index (χ1v) is 12.3. The van der Waals surface area contributed by atoms with E-state index in [-0.39, 0.29) is 29.4 Å². The van der Waals surface area contributed by atoms with Gasteiger partial charge >= 0.3 is 5.97 Å². The molecule has 0 saturated heterocycles. The van der Waals surface area contributed by atoms with Crippen molar-refractivity contribution in [3.05, 3.63) is 107 Å². The summed E-state index contributed by atoms with van der Waals surface area (Å²) in [7, 11) is 0. The number of hydrogen-bond acceptors (Lipinski definition) is 7. The van der Waals surface area contributed by atoms with Crippen LogP contribution in [-0.4, -0.2) is 36.5 Å². The van der Waals surface area contributed by atoms with Crippen LogP contribution in [0.3, 0.4) is 0 Å². The van der Waals surface area contributed by atoms with E-state index in [1.807, 2.05) is 0 Å². The zero-order valence-corrected chi connectivity index (χ0v) is 21.9. The quantitative estimate of drug-likeness (QED) is 0.210. The van der Waals surface area contributed by atoms with E-state index in [2.05, 4.69) is 32.1 Å². The molecule has 0 fully saturated rings. The minimum atomic E-state index is -0.742. The van der Waals surface area contributed by atoms with E-state index in [0.29, 0.717) is 28.2 Å². The van der Waals surface area contributed by atoms with Crippen LogP contribution in [-0.2, 0) is 11.3 Å². The van der Waals surface area contributed by atoms with Crippen molar-refractivity contribution in [1.29, 1.82) is 0 Å². The number of aromatic nitrogens is 5. The number of ether oxygens (including phenoxy) is 1. The predicted octanol–water partition coefficient (Wildman–Crippen LogP) is 5.68. The Hall–Kier alpha value is -5.17. The number of nitrogens with zero attached hydrogens (tertiary/aromatic N) is 5. The summed E-state index contributed by atoms with van der Waals surface area (Å²) < 4.78 is 41.1. The molecule has 0 saturated carbocycles. The van der Waals surface area contributed by atoms with Crippen molar-refractivity contribution in [2.45, 2.75) is 32.9 Å².